The maximum Gasteiger partial charge on any atom is 0.232 e. The first kappa shape index (κ1) is 21.8. The fourth-order valence-electron chi connectivity index (χ4n) is 2.59. The Bertz CT molecular complexity index is 809. The molecule has 0 radical (unpaired) electrons. The predicted octanol–water partition coefficient (Wildman–Crippen LogP) is 3.99. The topological polar surface area (TPSA) is 85.1 Å². The number of Topliss-reactive ketones (excluding diaryl/α,β-unsaturated/α-hetero) is 1. The van der Waals surface area contributed by atoms with Gasteiger partial charge in [-0.3, -0.25) is 9.59 Å². The van der Waals surface area contributed by atoms with Crippen LogP contribution in [0, 0.1) is 0 Å². The van der Waals surface area contributed by atoms with E-state index in [0.29, 0.717) is 30.2 Å². The fraction of sp³-hybridized carbons (Fsp3) is 0.545. The molecule has 1 aromatic carbocycles. The third-order valence-electron chi connectivity index (χ3n) is 4.43. The zero-order chi connectivity index (χ0) is 20.9. The minimum atomic E-state index is -0.195. The van der Waals surface area contributed by atoms with Gasteiger partial charge < -0.3 is 9.84 Å². The van der Waals surface area contributed by atoms with E-state index in [0.717, 1.165) is 0 Å². The molecule has 1 aromatic heterocycles. The van der Waals surface area contributed by atoms with Crippen molar-refractivity contribution in [1.29, 1.82) is 0 Å². The molecule has 0 saturated carbocycles. The van der Waals surface area contributed by atoms with Crippen LogP contribution in [0.1, 0.15) is 82.0 Å². The van der Waals surface area contributed by atoms with Crippen LogP contribution in [0.5, 0.6) is 0 Å². The van der Waals surface area contributed by atoms with E-state index in [-0.39, 0.29) is 35.4 Å². The molecule has 2 rings (SSSR count). The number of benzene rings is 1. The number of hydrogen-bond acceptors (Lipinski definition) is 5. The van der Waals surface area contributed by atoms with Gasteiger partial charge >= 0.3 is 0 Å². The van der Waals surface area contributed by atoms with E-state index in [2.05, 4.69) is 36.2 Å². The Morgan fingerprint density at radius 1 is 0.964 bits per heavy atom. The van der Waals surface area contributed by atoms with Gasteiger partial charge in [-0.05, 0) is 11.0 Å². The number of carbonyl (C=O) groups is 2. The van der Waals surface area contributed by atoms with E-state index in [9.17, 15) is 9.59 Å². The molecule has 1 N–H and O–H groups in total. The predicted molar refractivity (Wildman–Crippen MR) is 108 cm³/mol. The highest BCUT2D eigenvalue weighted by Gasteiger charge is 2.21. The van der Waals surface area contributed by atoms with Crippen molar-refractivity contribution < 1.29 is 14.1 Å². The van der Waals surface area contributed by atoms with Crippen molar-refractivity contribution in [2.24, 2.45) is 0 Å². The first-order chi connectivity index (χ1) is 13.0. The van der Waals surface area contributed by atoms with Crippen LogP contribution in [-0.4, -0.2) is 28.4 Å². The SMILES string of the molecule is CC(C)(C)c1ccc(C(=O)CCC(=O)NCCc2noc(C(C)(C)C)n2)cc1. The van der Waals surface area contributed by atoms with Gasteiger partial charge in [-0.15, -0.1) is 0 Å². The Balaban J connectivity index is 1.75. The second-order valence-electron chi connectivity index (χ2n) is 9.12. The van der Waals surface area contributed by atoms with Crippen LogP contribution in [0.25, 0.3) is 0 Å². The van der Waals surface area contributed by atoms with Crippen LogP contribution in [0.4, 0.5) is 0 Å². The lowest BCUT2D eigenvalue weighted by atomic mass is 9.86. The van der Waals surface area contributed by atoms with Gasteiger partial charge in [0, 0.05) is 36.8 Å². The van der Waals surface area contributed by atoms with Crippen molar-refractivity contribution in [3.05, 3.63) is 47.1 Å². The molecule has 152 valence electrons. The molecule has 0 saturated heterocycles. The number of nitrogens with zero attached hydrogens (tertiary/aromatic N) is 2. The molecule has 6 heteroatoms. The van der Waals surface area contributed by atoms with Crippen molar-refractivity contribution in [3.8, 4) is 0 Å². The second kappa shape index (κ2) is 8.67. The number of hydrogen-bond donors (Lipinski definition) is 1. The molecular formula is C22H31N3O3. The summed E-state index contributed by atoms with van der Waals surface area (Å²) in [5.41, 5.74) is 1.67. The van der Waals surface area contributed by atoms with Crippen LogP contribution in [0.3, 0.4) is 0 Å². The molecule has 0 aliphatic carbocycles. The van der Waals surface area contributed by atoms with Crippen LogP contribution in [0.15, 0.2) is 28.8 Å². The largest absolute Gasteiger partial charge is 0.356 e. The van der Waals surface area contributed by atoms with Crippen molar-refractivity contribution in [2.75, 3.05) is 6.54 Å². The van der Waals surface area contributed by atoms with Crippen molar-refractivity contribution in [3.63, 3.8) is 0 Å². The normalized spacial score (nSPS) is 12.1. The molecule has 1 amide bonds. The first-order valence-electron chi connectivity index (χ1n) is 9.70. The minimum absolute atomic E-state index is 0.0244. The van der Waals surface area contributed by atoms with Gasteiger partial charge in [-0.1, -0.05) is 71.0 Å². The minimum Gasteiger partial charge on any atom is -0.356 e. The lowest BCUT2D eigenvalue weighted by Crippen LogP contribution is -2.26. The standard InChI is InChI=1S/C22H31N3O3/c1-21(2,3)16-9-7-15(8-10-16)17(26)11-12-19(27)23-14-13-18-24-20(28-25-18)22(4,5)6/h7-10H,11-14H2,1-6H3,(H,23,27). The fourth-order valence-corrected chi connectivity index (χ4v) is 2.59. The quantitative estimate of drug-likeness (QED) is 0.729. The lowest BCUT2D eigenvalue weighted by molar-refractivity contribution is -0.121. The third kappa shape index (κ3) is 6.29. The highest BCUT2D eigenvalue weighted by molar-refractivity contribution is 5.98. The van der Waals surface area contributed by atoms with Crippen molar-refractivity contribution in [1.82, 2.24) is 15.5 Å². The summed E-state index contributed by atoms with van der Waals surface area (Å²) >= 11 is 0. The number of ketones is 1. The first-order valence-corrected chi connectivity index (χ1v) is 9.70. The average molecular weight is 386 g/mol. The highest BCUT2D eigenvalue weighted by atomic mass is 16.5. The van der Waals surface area contributed by atoms with Crippen LogP contribution in [0.2, 0.25) is 0 Å². The Labute approximate surface area is 167 Å². The number of carbonyl (C=O) groups excluding carboxylic acids is 2. The molecule has 0 aliphatic rings. The van der Waals surface area contributed by atoms with Gasteiger partial charge in [-0.2, -0.15) is 4.98 Å². The van der Waals surface area contributed by atoms with E-state index >= 15 is 0 Å². The molecule has 0 fully saturated rings. The van der Waals surface area contributed by atoms with Crippen LogP contribution in [-0.2, 0) is 22.0 Å². The van der Waals surface area contributed by atoms with E-state index in [1.807, 2.05) is 45.0 Å². The van der Waals surface area contributed by atoms with Gasteiger partial charge in [-0.25, -0.2) is 0 Å². The Kier molecular flexibility index (Phi) is 6.75. The van der Waals surface area contributed by atoms with Crippen molar-refractivity contribution >= 4 is 11.7 Å². The summed E-state index contributed by atoms with van der Waals surface area (Å²) in [5, 5.41) is 6.73. The zero-order valence-corrected chi connectivity index (χ0v) is 17.8. The van der Waals surface area contributed by atoms with E-state index in [4.69, 9.17) is 4.52 Å². The highest BCUT2D eigenvalue weighted by Crippen LogP contribution is 2.22. The maximum atomic E-state index is 12.3. The van der Waals surface area contributed by atoms with E-state index in [1.54, 1.807) is 0 Å². The van der Waals surface area contributed by atoms with Gasteiger partial charge in [0.05, 0.1) is 0 Å². The van der Waals surface area contributed by atoms with Gasteiger partial charge in [0.2, 0.25) is 11.8 Å². The van der Waals surface area contributed by atoms with Gasteiger partial charge in [0.1, 0.15) is 0 Å². The summed E-state index contributed by atoms with van der Waals surface area (Å²) in [4.78, 5) is 28.6. The summed E-state index contributed by atoms with van der Waals surface area (Å²) < 4.78 is 5.23. The molecule has 1 heterocycles. The molecular weight excluding hydrogens is 354 g/mol. The Morgan fingerprint density at radius 3 is 2.14 bits per heavy atom. The summed E-state index contributed by atoms with van der Waals surface area (Å²) in [6, 6.07) is 7.63. The van der Waals surface area contributed by atoms with Crippen LogP contribution >= 0.6 is 0 Å². The summed E-state index contributed by atoms with van der Waals surface area (Å²) in [5.74, 6) is 0.972. The average Bonchev–Trinajstić information content (AvgIpc) is 3.08. The molecule has 0 unspecified atom stereocenters. The number of aromatic nitrogens is 2. The van der Waals surface area contributed by atoms with Crippen molar-refractivity contribution in [2.45, 2.75) is 71.6 Å². The summed E-state index contributed by atoms with van der Waals surface area (Å²) in [6.07, 6.45) is 0.851. The molecule has 0 bridgehead atoms. The molecule has 0 atom stereocenters. The molecule has 6 nitrogen and oxygen atoms in total. The molecule has 2 aromatic rings. The summed E-state index contributed by atoms with van der Waals surface area (Å²) in [7, 11) is 0. The van der Waals surface area contributed by atoms with Gasteiger partial charge in [0.25, 0.3) is 0 Å². The number of amides is 1. The third-order valence-corrected chi connectivity index (χ3v) is 4.43. The smallest absolute Gasteiger partial charge is 0.232 e. The van der Waals surface area contributed by atoms with Gasteiger partial charge in [0.15, 0.2) is 11.6 Å². The maximum absolute atomic E-state index is 12.3. The Morgan fingerprint density at radius 2 is 1.61 bits per heavy atom. The number of rotatable bonds is 7. The molecule has 28 heavy (non-hydrogen) atoms. The monoisotopic (exact) mass is 385 g/mol. The second-order valence-corrected chi connectivity index (χ2v) is 9.12. The molecule has 0 aliphatic heterocycles. The summed E-state index contributed by atoms with van der Waals surface area (Å²) in [6.45, 7) is 12.8. The van der Waals surface area contributed by atoms with Crippen LogP contribution < -0.4 is 5.32 Å². The number of nitrogens with one attached hydrogen (secondary N) is 1. The lowest BCUT2D eigenvalue weighted by Gasteiger charge is -2.18. The molecule has 0 spiro atoms. The Hall–Kier alpha value is -2.50. The zero-order valence-electron chi connectivity index (χ0n) is 17.8. The van der Waals surface area contributed by atoms with E-state index in [1.165, 1.54) is 5.56 Å². The van der Waals surface area contributed by atoms with E-state index < -0.39 is 0 Å².